The number of hydrogen-bond donors (Lipinski definition) is 0. The van der Waals surface area contributed by atoms with Gasteiger partial charge in [0, 0.05) is 32.1 Å². The number of piperidine rings is 1. The highest BCUT2D eigenvalue weighted by atomic mass is 16.5. The second-order valence-corrected chi connectivity index (χ2v) is 7.04. The van der Waals surface area contributed by atoms with Gasteiger partial charge in [-0.2, -0.15) is 0 Å². The van der Waals surface area contributed by atoms with Crippen LogP contribution in [0.4, 0.5) is 0 Å². The summed E-state index contributed by atoms with van der Waals surface area (Å²) in [6, 6.07) is 7.80. The van der Waals surface area contributed by atoms with Crippen LogP contribution < -0.4 is 4.74 Å². The number of hydrogen-bond acceptors (Lipinski definition) is 6. The van der Waals surface area contributed by atoms with E-state index in [9.17, 15) is 4.79 Å². The number of carbonyl (C=O) groups is 1. The first-order chi connectivity index (χ1) is 13.6. The molecular weight excluding hydrogens is 356 g/mol. The van der Waals surface area contributed by atoms with E-state index < -0.39 is 0 Å². The van der Waals surface area contributed by atoms with E-state index in [0.717, 1.165) is 29.8 Å². The van der Waals surface area contributed by atoms with Crippen LogP contribution in [-0.4, -0.2) is 38.8 Å². The number of carbonyl (C=O) groups excluding carboxylic acids is 1. The minimum atomic E-state index is -0.110. The largest absolute Gasteiger partial charge is 0.448 e. The quantitative estimate of drug-likeness (QED) is 0.685. The van der Waals surface area contributed by atoms with Gasteiger partial charge in [-0.1, -0.05) is 12.1 Å². The van der Waals surface area contributed by atoms with Crippen molar-refractivity contribution in [2.45, 2.75) is 32.6 Å². The van der Waals surface area contributed by atoms with Gasteiger partial charge in [0.2, 0.25) is 5.88 Å². The lowest BCUT2D eigenvalue weighted by atomic mass is 9.95. The third-order valence-electron chi connectivity index (χ3n) is 4.81. The topological polar surface area (TPSA) is 81.4 Å². The minimum absolute atomic E-state index is 0.110. The lowest BCUT2D eigenvalue weighted by Gasteiger charge is -2.31. The Kier molecular flexibility index (Phi) is 5.06. The molecule has 0 radical (unpaired) electrons. The Morgan fingerprint density at radius 1 is 1.25 bits per heavy atom. The smallest absolute Gasteiger partial charge is 0.275 e. The fraction of sp³-hybridized carbons (Fsp3) is 0.333. The predicted molar refractivity (Wildman–Crippen MR) is 102 cm³/mol. The molecule has 7 heteroatoms. The highest BCUT2D eigenvalue weighted by Gasteiger charge is 2.28. The number of aromatic nitrogens is 3. The van der Waals surface area contributed by atoms with Crippen LogP contribution in [0.5, 0.6) is 11.6 Å². The molecule has 0 aliphatic carbocycles. The van der Waals surface area contributed by atoms with Gasteiger partial charge < -0.3 is 14.1 Å². The van der Waals surface area contributed by atoms with Crippen LogP contribution in [0.15, 0.2) is 47.3 Å². The van der Waals surface area contributed by atoms with Crippen LogP contribution in [-0.2, 0) is 0 Å². The highest BCUT2D eigenvalue weighted by Crippen LogP contribution is 2.28. The van der Waals surface area contributed by atoms with Gasteiger partial charge in [0.15, 0.2) is 11.6 Å². The Bertz CT molecular complexity index is 985. The van der Waals surface area contributed by atoms with Gasteiger partial charge in [-0.15, -0.1) is 0 Å². The second-order valence-electron chi connectivity index (χ2n) is 7.04. The number of benzene rings is 1. The van der Waals surface area contributed by atoms with Crippen molar-refractivity contribution in [3.05, 3.63) is 65.8 Å². The van der Waals surface area contributed by atoms with Crippen molar-refractivity contribution in [2.75, 3.05) is 13.1 Å². The Morgan fingerprint density at radius 2 is 2.14 bits per heavy atom. The Balaban J connectivity index is 1.48. The van der Waals surface area contributed by atoms with Crippen LogP contribution in [0.2, 0.25) is 0 Å². The first kappa shape index (κ1) is 18.2. The van der Waals surface area contributed by atoms with Gasteiger partial charge in [-0.3, -0.25) is 9.78 Å². The normalized spacial score (nSPS) is 16.8. The number of rotatable bonds is 4. The molecule has 0 spiro atoms. The Hall–Kier alpha value is -3.22. The molecule has 0 unspecified atom stereocenters. The van der Waals surface area contributed by atoms with E-state index in [2.05, 4.69) is 15.0 Å². The molecule has 1 aromatic carbocycles. The highest BCUT2D eigenvalue weighted by molar-refractivity contribution is 5.92. The standard InChI is InChI=1S/C21H22N4O3/c1-14-5-3-7-17(9-14)28-20-11-22-10-18(24-20)16-6-4-8-25(12-16)21(26)19-13-27-15(2)23-19/h3,5,7,9-11,13,16H,4,6,8,12H2,1-2H3/t16-/m1/s1. The number of oxazole rings is 1. The monoisotopic (exact) mass is 378 g/mol. The zero-order valence-corrected chi connectivity index (χ0v) is 16.0. The van der Waals surface area contributed by atoms with Crippen molar-refractivity contribution in [2.24, 2.45) is 0 Å². The molecular formula is C21H22N4O3. The predicted octanol–water partition coefficient (Wildman–Crippen LogP) is 3.89. The van der Waals surface area contributed by atoms with E-state index in [1.165, 1.54) is 6.26 Å². The Labute approximate surface area is 163 Å². The van der Waals surface area contributed by atoms with Crippen molar-refractivity contribution < 1.29 is 13.9 Å². The van der Waals surface area contributed by atoms with Gasteiger partial charge in [0.05, 0.1) is 11.9 Å². The SMILES string of the molecule is Cc1cccc(Oc2cncc([C@@H]3CCCN(C(=O)c4coc(C)n4)C3)n2)c1. The fourth-order valence-corrected chi connectivity index (χ4v) is 3.43. The maximum Gasteiger partial charge on any atom is 0.275 e. The molecule has 1 aliphatic rings. The molecule has 0 saturated carbocycles. The summed E-state index contributed by atoms with van der Waals surface area (Å²) in [5, 5.41) is 0. The van der Waals surface area contributed by atoms with E-state index >= 15 is 0 Å². The van der Waals surface area contributed by atoms with Gasteiger partial charge >= 0.3 is 0 Å². The zero-order chi connectivity index (χ0) is 19.5. The van der Waals surface area contributed by atoms with Crippen LogP contribution >= 0.6 is 0 Å². The zero-order valence-electron chi connectivity index (χ0n) is 16.0. The number of amides is 1. The third-order valence-corrected chi connectivity index (χ3v) is 4.81. The summed E-state index contributed by atoms with van der Waals surface area (Å²) in [5.74, 6) is 1.68. The molecule has 7 nitrogen and oxygen atoms in total. The maximum atomic E-state index is 12.7. The van der Waals surface area contributed by atoms with Gasteiger partial charge in [-0.25, -0.2) is 9.97 Å². The van der Waals surface area contributed by atoms with Gasteiger partial charge in [0.25, 0.3) is 5.91 Å². The lowest BCUT2D eigenvalue weighted by molar-refractivity contribution is 0.0699. The van der Waals surface area contributed by atoms with E-state index in [1.807, 2.05) is 31.2 Å². The first-order valence-corrected chi connectivity index (χ1v) is 9.36. The number of aryl methyl sites for hydroxylation is 2. The molecule has 2 aromatic heterocycles. The maximum absolute atomic E-state index is 12.7. The second kappa shape index (κ2) is 7.80. The van der Waals surface area contributed by atoms with Crippen molar-refractivity contribution in [3.63, 3.8) is 0 Å². The fourth-order valence-electron chi connectivity index (χ4n) is 3.43. The van der Waals surface area contributed by atoms with E-state index in [4.69, 9.17) is 9.15 Å². The average Bonchev–Trinajstić information content (AvgIpc) is 3.14. The summed E-state index contributed by atoms with van der Waals surface area (Å²) < 4.78 is 11.0. The minimum Gasteiger partial charge on any atom is -0.448 e. The van der Waals surface area contributed by atoms with Crippen LogP contribution in [0.1, 0.15) is 46.4 Å². The lowest BCUT2D eigenvalue weighted by Crippen LogP contribution is -2.39. The summed E-state index contributed by atoms with van der Waals surface area (Å²) in [4.78, 5) is 27.6. The summed E-state index contributed by atoms with van der Waals surface area (Å²) in [6.45, 7) is 5.02. The molecule has 144 valence electrons. The molecule has 1 saturated heterocycles. The molecule has 3 aromatic rings. The summed E-state index contributed by atoms with van der Waals surface area (Å²) in [7, 11) is 0. The van der Waals surface area contributed by atoms with Crippen molar-refractivity contribution >= 4 is 5.91 Å². The summed E-state index contributed by atoms with van der Waals surface area (Å²) in [5.41, 5.74) is 2.30. The summed E-state index contributed by atoms with van der Waals surface area (Å²) >= 11 is 0. The molecule has 0 bridgehead atoms. The van der Waals surface area contributed by atoms with Crippen molar-refractivity contribution in [3.8, 4) is 11.6 Å². The van der Waals surface area contributed by atoms with Crippen LogP contribution in [0.3, 0.4) is 0 Å². The molecule has 1 fully saturated rings. The van der Waals surface area contributed by atoms with E-state index in [0.29, 0.717) is 30.6 Å². The molecule has 1 amide bonds. The molecule has 4 rings (SSSR count). The van der Waals surface area contributed by atoms with Gasteiger partial charge in [-0.05, 0) is 37.5 Å². The van der Waals surface area contributed by atoms with Crippen LogP contribution in [0.25, 0.3) is 0 Å². The molecule has 28 heavy (non-hydrogen) atoms. The van der Waals surface area contributed by atoms with E-state index in [-0.39, 0.29) is 11.8 Å². The molecule has 3 heterocycles. The number of ether oxygens (including phenoxy) is 1. The van der Waals surface area contributed by atoms with E-state index in [1.54, 1.807) is 24.2 Å². The number of nitrogens with zero attached hydrogens (tertiary/aromatic N) is 4. The third kappa shape index (κ3) is 4.03. The molecule has 1 aliphatic heterocycles. The van der Waals surface area contributed by atoms with Crippen molar-refractivity contribution in [1.82, 2.24) is 19.9 Å². The van der Waals surface area contributed by atoms with Gasteiger partial charge in [0.1, 0.15) is 12.0 Å². The summed E-state index contributed by atoms with van der Waals surface area (Å²) in [6.07, 6.45) is 6.62. The molecule has 1 atom stereocenters. The van der Waals surface area contributed by atoms with Crippen molar-refractivity contribution in [1.29, 1.82) is 0 Å². The molecule has 0 N–H and O–H groups in total. The average molecular weight is 378 g/mol. The van der Waals surface area contributed by atoms with Crippen LogP contribution in [0, 0.1) is 13.8 Å². The number of likely N-dealkylation sites (tertiary alicyclic amines) is 1. The Morgan fingerprint density at radius 3 is 2.93 bits per heavy atom. The first-order valence-electron chi connectivity index (χ1n) is 9.36.